The van der Waals surface area contributed by atoms with E-state index in [9.17, 15) is 4.79 Å². The lowest BCUT2D eigenvalue weighted by Crippen LogP contribution is -2.61. The Hall–Kier alpha value is -1.01. The second-order valence-corrected chi connectivity index (χ2v) is 6.06. The number of nitrogens with zero attached hydrogens (tertiary/aromatic N) is 2. The predicted octanol–water partition coefficient (Wildman–Crippen LogP) is 0.528. The van der Waals surface area contributed by atoms with Crippen LogP contribution in [-0.2, 0) is 11.3 Å². The number of amides is 1. The molecule has 0 aromatic carbocycles. The molecule has 1 unspecified atom stereocenters. The Morgan fingerprint density at radius 3 is 3.18 bits per heavy atom. The van der Waals surface area contributed by atoms with E-state index in [4.69, 9.17) is 0 Å². The van der Waals surface area contributed by atoms with Gasteiger partial charge in [0.15, 0.2) is 5.16 Å². The van der Waals surface area contributed by atoms with Crippen molar-refractivity contribution in [3.05, 3.63) is 11.9 Å². The molecule has 1 fully saturated rings. The molecule has 1 atom stereocenters. The molecule has 0 aliphatic carbocycles. The monoisotopic (exact) mass is 252 g/mol. The van der Waals surface area contributed by atoms with E-state index >= 15 is 0 Å². The van der Waals surface area contributed by atoms with Crippen molar-refractivity contribution in [2.24, 2.45) is 0 Å². The summed E-state index contributed by atoms with van der Waals surface area (Å²) in [6, 6.07) is 0.155. The van der Waals surface area contributed by atoms with E-state index in [0.717, 1.165) is 17.5 Å². The van der Waals surface area contributed by atoms with Crippen LogP contribution in [-0.4, -0.2) is 33.3 Å². The maximum atomic E-state index is 11.7. The van der Waals surface area contributed by atoms with Crippen molar-refractivity contribution in [2.45, 2.75) is 37.1 Å². The minimum atomic E-state index is -0.515. The third kappa shape index (κ3) is 1.75. The third-order valence-corrected chi connectivity index (χ3v) is 4.29. The second kappa shape index (κ2) is 3.74. The number of hydrogen-bond donors (Lipinski definition) is 2. The van der Waals surface area contributed by atoms with Crippen LogP contribution >= 0.6 is 11.8 Å². The fourth-order valence-corrected chi connectivity index (χ4v) is 3.30. The van der Waals surface area contributed by atoms with Gasteiger partial charge in [-0.1, -0.05) is 11.8 Å². The highest BCUT2D eigenvalue weighted by Gasteiger charge is 2.36. The third-order valence-electron chi connectivity index (χ3n) is 3.32. The van der Waals surface area contributed by atoms with E-state index in [2.05, 4.69) is 20.2 Å². The first-order valence-electron chi connectivity index (χ1n) is 5.82. The van der Waals surface area contributed by atoms with Crippen molar-refractivity contribution in [3.8, 4) is 0 Å². The van der Waals surface area contributed by atoms with Gasteiger partial charge in [0.1, 0.15) is 0 Å². The molecular weight excluding hydrogens is 236 g/mol. The summed E-state index contributed by atoms with van der Waals surface area (Å²) in [5.74, 6) is 1.16. The predicted molar refractivity (Wildman–Crippen MR) is 65.9 cm³/mol. The van der Waals surface area contributed by atoms with Crippen molar-refractivity contribution in [1.29, 1.82) is 0 Å². The number of aromatic nitrogens is 2. The number of fused-ring (bicyclic) bond motifs is 1. The number of nitrogens with one attached hydrogen (secondary N) is 2. The van der Waals surface area contributed by atoms with Crippen molar-refractivity contribution < 1.29 is 4.79 Å². The number of piperazine rings is 1. The maximum Gasteiger partial charge on any atom is 0.239 e. The van der Waals surface area contributed by atoms with E-state index in [0.29, 0.717) is 6.54 Å². The molecule has 2 aliphatic heterocycles. The van der Waals surface area contributed by atoms with E-state index < -0.39 is 5.54 Å². The number of thioether (sulfide) groups is 1. The lowest BCUT2D eigenvalue weighted by Gasteiger charge is -2.36. The van der Waals surface area contributed by atoms with Crippen molar-refractivity contribution >= 4 is 17.7 Å². The number of hydrogen-bond acceptors (Lipinski definition) is 4. The van der Waals surface area contributed by atoms with Crippen molar-refractivity contribution in [2.75, 3.05) is 12.3 Å². The molecular formula is C11H16N4OS. The van der Waals surface area contributed by atoms with Gasteiger partial charge in [0.25, 0.3) is 0 Å². The van der Waals surface area contributed by atoms with E-state index in [1.54, 1.807) is 11.8 Å². The summed E-state index contributed by atoms with van der Waals surface area (Å²) in [5.41, 5.74) is 0.664. The molecule has 1 aromatic rings. The zero-order chi connectivity index (χ0) is 12.0. The molecule has 17 heavy (non-hydrogen) atoms. The van der Waals surface area contributed by atoms with Crippen LogP contribution in [0.15, 0.2) is 11.4 Å². The number of carbonyl (C=O) groups is 1. The Labute approximate surface area is 104 Å². The van der Waals surface area contributed by atoms with Crippen LogP contribution < -0.4 is 10.6 Å². The Balaban J connectivity index is 1.88. The molecule has 1 saturated heterocycles. The Morgan fingerprint density at radius 2 is 2.41 bits per heavy atom. The SMILES string of the molecule is CC1(C)NC(c2cnc3n2CCS3)CNC1=O. The summed E-state index contributed by atoms with van der Waals surface area (Å²) in [6.45, 7) is 5.47. The van der Waals surface area contributed by atoms with Crippen LogP contribution in [0.2, 0.25) is 0 Å². The second-order valence-electron chi connectivity index (χ2n) is 5.00. The van der Waals surface area contributed by atoms with Gasteiger partial charge >= 0.3 is 0 Å². The summed E-state index contributed by atoms with van der Waals surface area (Å²) in [4.78, 5) is 16.1. The maximum absolute atomic E-state index is 11.7. The topological polar surface area (TPSA) is 59.0 Å². The lowest BCUT2D eigenvalue weighted by molar-refractivity contribution is -0.128. The van der Waals surface area contributed by atoms with Crippen LogP contribution in [0.1, 0.15) is 25.6 Å². The molecule has 5 nitrogen and oxygen atoms in total. The quantitative estimate of drug-likeness (QED) is 0.765. The molecule has 6 heteroatoms. The highest BCUT2D eigenvalue weighted by atomic mass is 32.2. The fourth-order valence-electron chi connectivity index (χ4n) is 2.36. The molecule has 0 radical (unpaired) electrons. The Morgan fingerprint density at radius 1 is 1.59 bits per heavy atom. The van der Waals surface area contributed by atoms with Gasteiger partial charge in [-0.2, -0.15) is 0 Å². The molecule has 92 valence electrons. The highest BCUT2D eigenvalue weighted by molar-refractivity contribution is 7.99. The van der Waals surface area contributed by atoms with Gasteiger partial charge in [0, 0.05) is 18.8 Å². The Bertz CT molecular complexity index is 468. The fraction of sp³-hybridized carbons (Fsp3) is 0.636. The van der Waals surface area contributed by atoms with Gasteiger partial charge in [-0.3, -0.25) is 10.1 Å². The molecule has 2 aliphatic rings. The largest absolute Gasteiger partial charge is 0.353 e. The average molecular weight is 252 g/mol. The highest BCUT2D eigenvalue weighted by Crippen LogP contribution is 2.29. The first-order valence-corrected chi connectivity index (χ1v) is 6.81. The van der Waals surface area contributed by atoms with Crippen LogP contribution in [0.25, 0.3) is 0 Å². The molecule has 0 saturated carbocycles. The zero-order valence-corrected chi connectivity index (χ0v) is 10.8. The molecule has 0 spiro atoms. The van der Waals surface area contributed by atoms with E-state index in [1.165, 1.54) is 5.69 Å². The first kappa shape index (κ1) is 11.1. The summed E-state index contributed by atoms with van der Waals surface area (Å²) < 4.78 is 2.25. The lowest BCUT2D eigenvalue weighted by atomic mass is 9.98. The molecule has 3 rings (SSSR count). The van der Waals surface area contributed by atoms with Crippen LogP contribution in [0.4, 0.5) is 0 Å². The summed E-state index contributed by atoms with van der Waals surface area (Å²) in [7, 11) is 0. The molecule has 1 amide bonds. The number of rotatable bonds is 1. The van der Waals surface area contributed by atoms with Gasteiger partial charge in [-0.25, -0.2) is 4.98 Å². The van der Waals surface area contributed by atoms with Gasteiger partial charge in [0.2, 0.25) is 5.91 Å². The first-order chi connectivity index (χ1) is 8.08. The minimum absolute atomic E-state index is 0.0595. The van der Waals surface area contributed by atoms with Gasteiger partial charge in [0.05, 0.1) is 23.5 Å². The average Bonchev–Trinajstić information content (AvgIpc) is 2.83. The van der Waals surface area contributed by atoms with Crippen LogP contribution in [0, 0.1) is 0 Å². The van der Waals surface area contributed by atoms with Crippen LogP contribution in [0.3, 0.4) is 0 Å². The normalized spacial score (nSPS) is 26.7. The van der Waals surface area contributed by atoms with Crippen molar-refractivity contribution in [3.63, 3.8) is 0 Å². The summed E-state index contributed by atoms with van der Waals surface area (Å²) in [5, 5.41) is 7.44. The summed E-state index contributed by atoms with van der Waals surface area (Å²) in [6.07, 6.45) is 1.92. The summed E-state index contributed by atoms with van der Waals surface area (Å²) >= 11 is 1.79. The molecule has 2 N–H and O–H groups in total. The smallest absolute Gasteiger partial charge is 0.239 e. The van der Waals surface area contributed by atoms with Gasteiger partial charge in [-0.15, -0.1) is 0 Å². The molecule has 3 heterocycles. The van der Waals surface area contributed by atoms with Gasteiger partial charge in [-0.05, 0) is 13.8 Å². The Kier molecular flexibility index (Phi) is 2.45. The number of imidazole rings is 1. The van der Waals surface area contributed by atoms with Gasteiger partial charge < -0.3 is 9.88 Å². The zero-order valence-electron chi connectivity index (χ0n) is 9.99. The molecule has 0 bridgehead atoms. The minimum Gasteiger partial charge on any atom is -0.353 e. The number of carbonyl (C=O) groups excluding carboxylic acids is 1. The van der Waals surface area contributed by atoms with Crippen LogP contribution in [0.5, 0.6) is 0 Å². The van der Waals surface area contributed by atoms with E-state index in [1.807, 2.05) is 20.0 Å². The van der Waals surface area contributed by atoms with Crippen molar-refractivity contribution in [1.82, 2.24) is 20.2 Å². The molecule has 1 aromatic heterocycles. The standard InChI is InChI=1S/C11H16N4OS/c1-11(2)9(16)12-5-7(14-11)8-6-13-10-15(8)3-4-17-10/h6-7,14H,3-5H2,1-2H3,(H,12,16). The van der Waals surface area contributed by atoms with E-state index in [-0.39, 0.29) is 11.9 Å².